The van der Waals surface area contributed by atoms with Gasteiger partial charge in [0.2, 0.25) is 0 Å². The van der Waals surface area contributed by atoms with Crippen LogP contribution in [0.2, 0.25) is 0 Å². The monoisotopic (exact) mass is 784 g/mol. The summed E-state index contributed by atoms with van der Waals surface area (Å²) in [5.41, 5.74) is 7.53. The Bertz CT molecular complexity index is 2860. The summed E-state index contributed by atoms with van der Waals surface area (Å²) in [5, 5.41) is 15.6. The Hall–Kier alpha value is -4.14. The van der Waals surface area contributed by atoms with Gasteiger partial charge in [-0.3, -0.25) is 5.56 Å². The predicted octanol–water partition coefficient (Wildman–Crippen LogP) is 12.6. The Kier molecular flexibility index (Phi) is 5.27. The molecule has 0 saturated heterocycles. The third-order valence-corrected chi connectivity index (χ3v) is 11.5. The molecule has 206 valence electrons. The van der Waals surface area contributed by atoms with Gasteiger partial charge in [-0.1, -0.05) is 109 Å². The number of benzene rings is 8. The molecule has 0 bridgehead atoms. The van der Waals surface area contributed by atoms with Crippen LogP contribution in [0.5, 0.6) is 0 Å². The molecule has 0 saturated carbocycles. The number of rotatable bonds is 1. The average Bonchev–Trinajstić information content (AvgIpc) is 3.54. The maximum atomic E-state index is 2.49. The van der Waals surface area contributed by atoms with E-state index in [1.807, 2.05) is 0 Å². The van der Waals surface area contributed by atoms with Crippen LogP contribution >= 0.6 is 45.7 Å². The van der Waals surface area contributed by atoms with Gasteiger partial charge < -0.3 is 0 Å². The van der Waals surface area contributed by atoms with Crippen LogP contribution in [0.25, 0.3) is 97.8 Å². The summed E-state index contributed by atoms with van der Waals surface area (Å²) in [4.78, 5) is 0. The molecule has 2 heterocycles. The van der Waals surface area contributed by atoms with Crippen LogP contribution in [0, 0.1) is 0 Å². The molecule has 10 aromatic rings. The SMILES string of the molecule is In1c2cc(-c3cccc4c3c3ccccc3c3c5ccccc5n(I)c43)ccc2c2cc3c(ccc4ccccc43)cc21. The Morgan fingerprint density at radius 3 is 1.91 bits per heavy atom. The Morgan fingerprint density at radius 2 is 1.05 bits per heavy atom. The molecule has 0 amide bonds. The first kappa shape index (κ1) is 25.2. The molecule has 0 atom stereocenters. The van der Waals surface area contributed by atoms with Gasteiger partial charge in [-0.2, -0.15) is 0 Å². The quantitative estimate of drug-likeness (QED) is 0.116. The minimum atomic E-state index is 1.24. The molecular formula is C40H22I2N2. The van der Waals surface area contributed by atoms with Crippen LogP contribution in [-0.4, -0.2) is 5.56 Å². The minimum absolute atomic E-state index is 1.24. The van der Waals surface area contributed by atoms with Crippen molar-refractivity contribution in [3.05, 3.63) is 133 Å². The lowest BCUT2D eigenvalue weighted by Crippen LogP contribution is -1.88. The fourth-order valence-electron chi connectivity index (χ4n) is 7.55. The van der Waals surface area contributed by atoms with Crippen LogP contribution < -0.4 is 0 Å². The van der Waals surface area contributed by atoms with E-state index in [4.69, 9.17) is 0 Å². The molecule has 0 aliphatic carbocycles. The summed E-state index contributed by atoms with van der Waals surface area (Å²) >= 11 is 4.97. The normalized spacial score (nSPS) is 12.3. The van der Waals surface area contributed by atoms with Crippen molar-refractivity contribution in [2.45, 2.75) is 0 Å². The average molecular weight is 784 g/mol. The van der Waals surface area contributed by atoms with E-state index >= 15 is 0 Å². The molecule has 8 aromatic carbocycles. The van der Waals surface area contributed by atoms with Crippen LogP contribution in [0.3, 0.4) is 0 Å². The highest BCUT2D eigenvalue weighted by atomic mass is 127. The van der Waals surface area contributed by atoms with Gasteiger partial charge in [0.1, 0.15) is 0 Å². The van der Waals surface area contributed by atoms with Crippen LogP contribution in [0.1, 0.15) is 0 Å². The smallest absolute Gasteiger partial charge is 0.0675 e. The van der Waals surface area contributed by atoms with E-state index in [1.54, 1.807) is 0 Å². The number of hydrogen-bond donors (Lipinski definition) is 0. The minimum Gasteiger partial charge on any atom is -0.282 e. The highest BCUT2D eigenvalue weighted by Crippen LogP contribution is 2.45. The molecular weight excluding hydrogens is 762 g/mol. The predicted molar refractivity (Wildman–Crippen MR) is 207 cm³/mol. The number of para-hydroxylation sites is 1. The van der Waals surface area contributed by atoms with Crippen molar-refractivity contribution in [3.8, 4) is 11.1 Å². The van der Waals surface area contributed by atoms with Crippen LogP contribution in [0.15, 0.2) is 133 Å². The maximum absolute atomic E-state index is 2.49. The number of hydrogen-bond acceptors (Lipinski definition) is 0. The van der Waals surface area contributed by atoms with Gasteiger partial charge in [-0.05, 0) is 73.1 Å². The molecule has 2 nitrogen and oxygen atoms in total. The molecule has 10 rings (SSSR count). The van der Waals surface area contributed by atoms with Crippen molar-refractivity contribution < 1.29 is 0 Å². The number of nitrogens with zero attached hydrogens (tertiary/aromatic N) is 2. The lowest BCUT2D eigenvalue weighted by Gasteiger charge is -2.13. The third kappa shape index (κ3) is 3.30. The highest BCUT2D eigenvalue weighted by molar-refractivity contribution is 14.1. The second kappa shape index (κ2) is 9.19. The zero-order chi connectivity index (χ0) is 29.1. The molecule has 0 radical (unpaired) electrons. The molecule has 0 spiro atoms. The first-order valence-corrected chi connectivity index (χ1v) is 16.7. The highest BCUT2D eigenvalue weighted by Gasteiger charge is 2.20. The molecule has 44 heavy (non-hydrogen) atoms. The first-order chi connectivity index (χ1) is 21.7. The zero-order valence-corrected chi connectivity index (χ0v) is 27.7. The maximum Gasteiger partial charge on any atom is 0.0675 e. The van der Waals surface area contributed by atoms with E-state index in [2.05, 4.69) is 185 Å². The Morgan fingerprint density at radius 1 is 0.364 bits per heavy atom. The molecule has 4 heteroatoms. The molecule has 0 aliphatic heterocycles. The van der Waals surface area contributed by atoms with Crippen molar-refractivity contribution in [3.63, 3.8) is 0 Å². The van der Waals surface area contributed by atoms with Crippen molar-refractivity contribution in [1.82, 2.24) is 5.56 Å². The van der Waals surface area contributed by atoms with E-state index < -0.39 is 0 Å². The summed E-state index contributed by atoms with van der Waals surface area (Å²) < 4.78 is 4.69. The molecule has 0 fully saturated rings. The third-order valence-electron chi connectivity index (χ3n) is 9.49. The zero-order valence-electron chi connectivity index (χ0n) is 23.4. The van der Waals surface area contributed by atoms with Crippen molar-refractivity contribution in [2.24, 2.45) is 0 Å². The fourth-order valence-corrected chi connectivity index (χ4v) is 9.28. The van der Waals surface area contributed by atoms with Gasteiger partial charge in [0.05, 0.1) is 67.8 Å². The number of halogens is 2. The number of fused-ring (bicyclic) bond motifs is 14. The summed E-state index contributed by atoms with van der Waals surface area (Å²) in [7, 11) is 0. The lowest BCUT2D eigenvalue weighted by molar-refractivity contribution is 1.50. The van der Waals surface area contributed by atoms with Gasteiger partial charge in [-0.15, -0.1) is 0 Å². The second-order valence-corrected chi connectivity index (χ2v) is 13.6. The van der Waals surface area contributed by atoms with Crippen molar-refractivity contribution in [2.75, 3.05) is 0 Å². The van der Waals surface area contributed by atoms with E-state index in [0.717, 1.165) is 0 Å². The Balaban J connectivity index is 1.30. The number of aromatic nitrogens is 2. The van der Waals surface area contributed by atoms with Crippen molar-refractivity contribution in [1.29, 1.82) is 0 Å². The fraction of sp³-hybridized carbons (Fsp3) is 0. The topological polar surface area (TPSA) is 9.86 Å². The van der Waals surface area contributed by atoms with Gasteiger partial charge in [-0.25, -0.2) is 0 Å². The molecule has 0 N–H and O–H groups in total. The molecule has 0 unspecified atom stereocenters. The van der Waals surface area contributed by atoms with E-state index in [0.29, 0.717) is 0 Å². The molecule has 2 aromatic heterocycles. The van der Waals surface area contributed by atoms with E-state index in [-0.39, 0.29) is 0 Å². The largest absolute Gasteiger partial charge is 0.282 e. The Labute approximate surface area is 280 Å². The summed E-state index contributed by atoms with van der Waals surface area (Å²) in [6.07, 6.45) is 0. The second-order valence-electron chi connectivity index (χ2n) is 11.7. The first-order valence-electron chi connectivity index (χ1n) is 14.8. The molecule has 0 aliphatic rings. The van der Waals surface area contributed by atoms with Gasteiger partial charge in [0.15, 0.2) is 0 Å². The summed E-state index contributed by atoms with van der Waals surface area (Å²) in [6.45, 7) is 0. The summed E-state index contributed by atoms with van der Waals surface area (Å²) in [5.74, 6) is 0. The lowest BCUT2D eigenvalue weighted by atomic mass is 9.91. The van der Waals surface area contributed by atoms with Gasteiger partial charge in [0, 0.05) is 26.9 Å². The summed E-state index contributed by atoms with van der Waals surface area (Å²) in [6, 6.07) is 49.5. The van der Waals surface area contributed by atoms with E-state index in [9.17, 15) is 0 Å². The van der Waals surface area contributed by atoms with Gasteiger partial charge in [0.25, 0.3) is 0 Å². The van der Waals surface area contributed by atoms with Crippen molar-refractivity contribution >= 4 is 132 Å². The van der Waals surface area contributed by atoms with Crippen LogP contribution in [0.4, 0.5) is 0 Å². The van der Waals surface area contributed by atoms with Gasteiger partial charge >= 0.3 is 0 Å². The standard InChI is InChI=1S/C40H22I2N2/c41-43-36-20-24(18-19-28(36)34-22-33-25(21-37(34)43)17-16-23-8-1-2-9-26(23)33)27-13-7-14-32-38(27)29-10-3-4-11-30(29)39-31-12-5-6-15-35(31)44(42)40(32)39/h1-22H. The van der Waals surface area contributed by atoms with E-state index in [1.165, 1.54) is 97.8 Å². The van der Waals surface area contributed by atoms with Crippen LogP contribution in [-0.2, 0) is 0 Å².